The Bertz CT molecular complexity index is 344. The van der Waals surface area contributed by atoms with Crippen LogP contribution in [0.2, 0.25) is 5.02 Å². The SMILES string of the molecule is Cc1nc(NCC(O)CN(C)C)ccc1Cl. The first-order valence-corrected chi connectivity index (χ1v) is 5.56. The summed E-state index contributed by atoms with van der Waals surface area (Å²) in [7, 11) is 3.85. The van der Waals surface area contributed by atoms with Crippen molar-refractivity contribution in [1.82, 2.24) is 9.88 Å². The average molecular weight is 244 g/mol. The molecule has 90 valence electrons. The fourth-order valence-corrected chi connectivity index (χ4v) is 1.46. The van der Waals surface area contributed by atoms with E-state index >= 15 is 0 Å². The van der Waals surface area contributed by atoms with Crippen molar-refractivity contribution in [3.8, 4) is 0 Å². The van der Waals surface area contributed by atoms with Crippen LogP contribution in [0.5, 0.6) is 0 Å². The second kappa shape index (κ2) is 6.03. The van der Waals surface area contributed by atoms with Gasteiger partial charge < -0.3 is 15.3 Å². The molecule has 0 saturated heterocycles. The number of nitrogens with one attached hydrogen (secondary N) is 1. The first-order chi connectivity index (χ1) is 7.49. The van der Waals surface area contributed by atoms with E-state index in [0.717, 1.165) is 11.5 Å². The monoisotopic (exact) mass is 243 g/mol. The third kappa shape index (κ3) is 4.35. The lowest BCUT2D eigenvalue weighted by Gasteiger charge is -2.16. The molecule has 2 N–H and O–H groups in total. The molecule has 0 amide bonds. The van der Waals surface area contributed by atoms with Crippen LogP contribution in [0.25, 0.3) is 0 Å². The van der Waals surface area contributed by atoms with Crippen molar-refractivity contribution < 1.29 is 5.11 Å². The molecular formula is C11H18ClN3O. The fourth-order valence-electron chi connectivity index (χ4n) is 1.35. The number of aryl methyl sites for hydroxylation is 1. The number of aliphatic hydroxyl groups excluding tert-OH is 1. The van der Waals surface area contributed by atoms with E-state index < -0.39 is 6.10 Å². The topological polar surface area (TPSA) is 48.4 Å². The van der Waals surface area contributed by atoms with E-state index in [-0.39, 0.29) is 0 Å². The van der Waals surface area contributed by atoms with Gasteiger partial charge in [-0.1, -0.05) is 11.6 Å². The van der Waals surface area contributed by atoms with Crippen molar-refractivity contribution in [2.24, 2.45) is 0 Å². The summed E-state index contributed by atoms with van der Waals surface area (Å²) in [4.78, 5) is 6.19. The van der Waals surface area contributed by atoms with Gasteiger partial charge in [0.15, 0.2) is 0 Å². The summed E-state index contributed by atoms with van der Waals surface area (Å²) in [6.07, 6.45) is -0.409. The third-order valence-corrected chi connectivity index (χ3v) is 2.52. The highest BCUT2D eigenvalue weighted by molar-refractivity contribution is 6.31. The Balaban J connectivity index is 2.45. The summed E-state index contributed by atoms with van der Waals surface area (Å²) in [6, 6.07) is 3.60. The van der Waals surface area contributed by atoms with Crippen molar-refractivity contribution in [1.29, 1.82) is 0 Å². The maximum atomic E-state index is 9.65. The highest BCUT2D eigenvalue weighted by Crippen LogP contribution is 2.15. The van der Waals surface area contributed by atoms with E-state index in [1.54, 1.807) is 12.1 Å². The second-order valence-electron chi connectivity index (χ2n) is 4.06. The molecule has 16 heavy (non-hydrogen) atoms. The van der Waals surface area contributed by atoms with Crippen LogP contribution in [0.15, 0.2) is 12.1 Å². The zero-order valence-corrected chi connectivity index (χ0v) is 10.6. The minimum Gasteiger partial charge on any atom is -0.390 e. The van der Waals surface area contributed by atoms with Crippen LogP contribution in [0, 0.1) is 6.92 Å². The van der Waals surface area contributed by atoms with Crippen LogP contribution in [0.1, 0.15) is 5.69 Å². The highest BCUT2D eigenvalue weighted by Gasteiger charge is 2.06. The summed E-state index contributed by atoms with van der Waals surface area (Å²) in [5.74, 6) is 0.736. The molecule has 5 heteroatoms. The van der Waals surface area contributed by atoms with Gasteiger partial charge in [0.1, 0.15) is 5.82 Å². The van der Waals surface area contributed by atoms with Crippen molar-refractivity contribution >= 4 is 17.4 Å². The molecule has 1 atom stereocenters. The van der Waals surface area contributed by atoms with E-state index in [4.69, 9.17) is 11.6 Å². The van der Waals surface area contributed by atoms with Crippen molar-refractivity contribution in [3.05, 3.63) is 22.8 Å². The molecule has 0 fully saturated rings. The van der Waals surface area contributed by atoms with Gasteiger partial charge >= 0.3 is 0 Å². The summed E-state index contributed by atoms with van der Waals surface area (Å²) in [5.41, 5.74) is 0.786. The fraction of sp³-hybridized carbons (Fsp3) is 0.545. The van der Waals surface area contributed by atoms with E-state index in [1.165, 1.54) is 0 Å². The summed E-state index contributed by atoms with van der Waals surface area (Å²) < 4.78 is 0. The molecule has 0 aliphatic carbocycles. The van der Waals surface area contributed by atoms with E-state index in [2.05, 4.69) is 10.3 Å². The average Bonchev–Trinajstić information content (AvgIpc) is 2.19. The molecule has 4 nitrogen and oxygen atoms in total. The van der Waals surface area contributed by atoms with Crippen molar-refractivity contribution in [2.45, 2.75) is 13.0 Å². The Morgan fingerprint density at radius 3 is 2.75 bits per heavy atom. The molecule has 1 unspecified atom stereocenters. The maximum absolute atomic E-state index is 9.65. The molecule has 0 bridgehead atoms. The number of halogens is 1. The number of anilines is 1. The minimum absolute atomic E-state index is 0.409. The molecular weight excluding hydrogens is 226 g/mol. The minimum atomic E-state index is -0.409. The third-order valence-electron chi connectivity index (χ3n) is 2.12. The van der Waals surface area contributed by atoms with Crippen molar-refractivity contribution in [3.63, 3.8) is 0 Å². The summed E-state index contributed by atoms with van der Waals surface area (Å²) in [6.45, 7) is 2.95. The van der Waals surface area contributed by atoms with Gasteiger partial charge in [0.2, 0.25) is 0 Å². The second-order valence-corrected chi connectivity index (χ2v) is 4.47. The standard InChI is InChI=1S/C11H18ClN3O/c1-8-10(12)4-5-11(14-8)13-6-9(16)7-15(2)3/h4-5,9,16H,6-7H2,1-3H3,(H,13,14). The molecule has 1 aromatic heterocycles. The van der Waals surface area contributed by atoms with Crippen LogP contribution >= 0.6 is 11.6 Å². The van der Waals surface area contributed by atoms with Crippen LogP contribution in [0.4, 0.5) is 5.82 Å². The molecule has 1 rings (SSSR count). The molecule has 0 spiro atoms. The zero-order chi connectivity index (χ0) is 12.1. The molecule has 1 aromatic rings. The lowest BCUT2D eigenvalue weighted by atomic mass is 10.3. The van der Waals surface area contributed by atoms with Crippen LogP contribution < -0.4 is 5.32 Å². The lowest BCUT2D eigenvalue weighted by Crippen LogP contribution is -2.31. The maximum Gasteiger partial charge on any atom is 0.126 e. The number of nitrogens with zero attached hydrogens (tertiary/aromatic N) is 2. The first-order valence-electron chi connectivity index (χ1n) is 5.19. The van der Waals surface area contributed by atoms with Gasteiger partial charge in [0, 0.05) is 13.1 Å². The molecule has 0 aliphatic rings. The quantitative estimate of drug-likeness (QED) is 0.820. The first kappa shape index (κ1) is 13.2. The van der Waals surface area contributed by atoms with E-state index in [9.17, 15) is 5.11 Å². The number of rotatable bonds is 5. The Morgan fingerprint density at radius 2 is 2.19 bits per heavy atom. The van der Waals surface area contributed by atoms with E-state index in [1.807, 2.05) is 25.9 Å². The molecule has 1 heterocycles. The van der Waals surface area contributed by atoms with Crippen LogP contribution in [-0.4, -0.2) is 48.3 Å². The Kier molecular flexibility index (Phi) is 4.99. The van der Waals surface area contributed by atoms with Gasteiger partial charge in [-0.2, -0.15) is 0 Å². The Morgan fingerprint density at radius 1 is 1.50 bits per heavy atom. The molecule has 0 saturated carbocycles. The number of aliphatic hydroxyl groups is 1. The number of likely N-dealkylation sites (N-methyl/N-ethyl adjacent to an activating group) is 1. The zero-order valence-electron chi connectivity index (χ0n) is 9.87. The molecule has 0 aromatic carbocycles. The predicted octanol–water partition coefficient (Wildman–Crippen LogP) is 1.38. The Labute approximate surface area is 101 Å². The van der Waals surface area contributed by atoms with Gasteiger partial charge in [0.05, 0.1) is 16.8 Å². The van der Waals surface area contributed by atoms with Gasteiger partial charge in [-0.15, -0.1) is 0 Å². The largest absolute Gasteiger partial charge is 0.390 e. The predicted molar refractivity (Wildman–Crippen MR) is 67.0 cm³/mol. The number of hydrogen-bond donors (Lipinski definition) is 2. The number of pyridine rings is 1. The van der Waals surface area contributed by atoms with Crippen molar-refractivity contribution in [2.75, 3.05) is 32.5 Å². The van der Waals surface area contributed by atoms with Crippen LogP contribution in [-0.2, 0) is 0 Å². The lowest BCUT2D eigenvalue weighted by molar-refractivity contribution is 0.148. The van der Waals surface area contributed by atoms with Crippen LogP contribution in [0.3, 0.4) is 0 Å². The number of hydrogen-bond acceptors (Lipinski definition) is 4. The van der Waals surface area contributed by atoms with Gasteiger partial charge in [-0.05, 0) is 33.2 Å². The summed E-state index contributed by atoms with van der Waals surface area (Å²) in [5, 5.41) is 13.4. The van der Waals surface area contributed by atoms with Gasteiger partial charge in [0.25, 0.3) is 0 Å². The van der Waals surface area contributed by atoms with Gasteiger partial charge in [-0.25, -0.2) is 4.98 Å². The number of aromatic nitrogens is 1. The van der Waals surface area contributed by atoms with Gasteiger partial charge in [-0.3, -0.25) is 0 Å². The molecule has 0 radical (unpaired) electrons. The highest BCUT2D eigenvalue weighted by atomic mass is 35.5. The normalized spacial score (nSPS) is 12.9. The van der Waals surface area contributed by atoms with E-state index in [0.29, 0.717) is 18.1 Å². The molecule has 0 aliphatic heterocycles. The summed E-state index contributed by atoms with van der Waals surface area (Å²) >= 11 is 5.87. The smallest absolute Gasteiger partial charge is 0.126 e. The Hall–Kier alpha value is -0.840.